The molecule has 41 heavy (non-hydrogen) atoms. The van der Waals surface area contributed by atoms with E-state index in [1.807, 2.05) is 61.5 Å². The van der Waals surface area contributed by atoms with Gasteiger partial charge < -0.3 is 20.2 Å². The smallest absolute Gasteiger partial charge is 0.222 e. The van der Waals surface area contributed by atoms with E-state index in [0.29, 0.717) is 25.9 Å². The van der Waals surface area contributed by atoms with Crippen LogP contribution in [0.5, 0.6) is 0 Å². The van der Waals surface area contributed by atoms with Crippen molar-refractivity contribution in [3.63, 3.8) is 0 Å². The Labute approximate surface area is 251 Å². The van der Waals surface area contributed by atoms with E-state index in [-0.39, 0.29) is 5.91 Å². The zero-order valence-corrected chi connectivity index (χ0v) is 25.5. The molecule has 4 aromatic rings. The molecule has 5 rings (SSSR count). The van der Waals surface area contributed by atoms with Crippen molar-refractivity contribution in [1.82, 2.24) is 14.8 Å². The van der Waals surface area contributed by atoms with E-state index in [4.69, 9.17) is 4.98 Å². The largest absolute Gasteiger partial charge is 0.380 e. The number of amides is 1. The Kier molecular flexibility index (Phi) is 9.38. The molecule has 0 spiro atoms. The highest BCUT2D eigenvalue weighted by molar-refractivity contribution is 9.10. The normalized spacial score (nSPS) is 15.0. The number of aromatic nitrogens is 1. The molecule has 1 aliphatic heterocycles. The van der Waals surface area contributed by atoms with Crippen LogP contribution in [-0.4, -0.2) is 66.1 Å². The zero-order valence-electron chi connectivity index (χ0n) is 23.9. The highest BCUT2D eigenvalue weighted by atomic mass is 79.9. The number of nitrogens with zero attached hydrogens (tertiary/aromatic N) is 3. The van der Waals surface area contributed by atoms with E-state index in [1.54, 1.807) is 0 Å². The Bertz CT molecular complexity index is 1480. The third-order valence-corrected chi connectivity index (χ3v) is 8.34. The van der Waals surface area contributed by atoms with Crippen molar-refractivity contribution in [2.24, 2.45) is 0 Å². The summed E-state index contributed by atoms with van der Waals surface area (Å²) in [4.78, 5) is 21.4. The summed E-state index contributed by atoms with van der Waals surface area (Å²) in [6.45, 7) is 3.03. The number of aliphatic hydroxyl groups is 1. The molecule has 1 saturated heterocycles. The summed E-state index contributed by atoms with van der Waals surface area (Å²) in [7, 11) is 4.05. The molecule has 1 unspecified atom stereocenters. The molecule has 2 N–H and O–H groups in total. The fourth-order valence-electron chi connectivity index (χ4n) is 5.66. The van der Waals surface area contributed by atoms with Crippen LogP contribution in [0.1, 0.15) is 47.9 Å². The second kappa shape index (κ2) is 13.1. The molecule has 2 heterocycles. The molecule has 0 aliphatic carbocycles. The van der Waals surface area contributed by atoms with E-state index in [2.05, 4.69) is 62.5 Å². The van der Waals surface area contributed by atoms with Gasteiger partial charge in [0.2, 0.25) is 5.91 Å². The number of pyridine rings is 1. The molecule has 1 fully saturated rings. The maximum Gasteiger partial charge on any atom is 0.222 e. The van der Waals surface area contributed by atoms with E-state index >= 15 is 0 Å². The van der Waals surface area contributed by atoms with Gasteiger partial charge in [-0.2, -0.15) is 0 Å². The first-order valence-corrected chi connectivity index (χ1v) is 15.2. The van der Waals surface area contributed by atoms with Crippen LogP contribution in [0, 0.1) is 0 Å². The number of hydrogen-bond donors (Lipinski definition) is 2. The van der Waals surface area contributed by atoms with Gasteiger partial charge in [0.15, 0.2) is 0 Å². The fourth-order valence-corrected chi connectivity index (χ4v) is 6.14. The first-order chi connectivity index (χ1) is 19.8. The lowest BCUT2D eigenvalue weighted by molar-refractivity contribution is -0.127. The number of anilines is 1. The number of hydrogen-bond acceptors (Lipinski definition) is 5. The van der Waals surface area contributed by atoms with Crippen LogP contribution in [0.4, 0.5) is 5.82 Å². The van der Waals surface area contributed by atoms with Crippen LogP contribution in [0.2, 0.25) is 0 Å². The lowest BCUT2D eigenvalue weighted by Gasteiger charge is -2.32. The van der Waals surface area contributed by atoms with Gasteiger partial charge >= 0.3 is 0 Å². The Balaban J connectivity index is 1.56. The van der Waals surface area contributed by atoms with E-state index in [1.165, 1.54) is 5.56 Å². The third kappa shape index (κ3) is 6.97. The van der Waals surface area contributed by atoms with Crippen LogP contribution in [0.25, 0.3) is 10.9 Å². The van der Waals surface area contributed by atoms with E-state index in [0.717, 1.165) is 70.2 Å². The SMILES string of the molecule is CN(C)CCC(O)(c1ccccc1)c1cc(Br)cc2cc(Cc3ccccc3)c(NCCCN3CCCC3=O)nc12. The van der Waals surface area contributed by atoms with Crippen LogP contribution in [0.15, 0.2) is 83.3 Å². The highest BCUT2D eigenvalue weighted by Crippen LogP contribution is 2.39. The van der Waals surface area contributed by atoms with Gasteiger partial charge in [0.25, 0.3) is 0 Å². The highest BCUT2D eigenvalue weighted by Gasteiger charge is 2.34. The lowest BCUT2D eigenvalue weighted by Crippen LogP contribution is -2.32. The summed E-state index contributed by atoms with van der Waals surface area (Å²) in [5.41, 5.74) is 3.50. The number of halogens is 1. The van der Waals surface area contributed by atoms with Crippen molar-refractivity contribution in [1.29, 1.82) is 0 Å². The third-order valence-electron chi connectivity index (χ3n) is 7.89. The standard InChI is InChI=1S/C34H39BrN4O2/c1-38(2)20-16-34(41,28-13-7-4-8-14-28)30-24-29(35)23-26-22-27(21-25-11-5-3-6-12-25)33(37-32(26)30)36-17-10-19-39-18-9-15-31(39)40/h3-8,11-14,22-24,41H,9-10,15-21H2,1-2H3,(H,36,37). The molecule has 0 saturated carbocycles. The van der Waals surface area contributed by atoms with Crippen molar-refractivity contribution in [3.8, 4) is 0 Å². The molecule has 1 aliphatic rings. The Morgan fingerprint density at radius 3 is 2.46 bits per heavy atom. The molecule has 1 atom stereocenters. The monoisotopic (exact) mass is 614 g/mol. The zero-order chi connectivity index (χ0) is 28.8. The fraction of sp³-hybridized carbons (Fsp3) is 0.353. The van der Waals surface area contributed by atoms with Crippen molar-refractivity contribution in [2.45, 2.75) is 37.7 Å². The predicted molar refractivity (Wildman–Crippen MR) is 170 cm³/mol. The first kappa shape index (κ1) is 29.2. The van der Waals surface area contributed by atoms with Gasteiger partial charge in [0.05, 0.1) is 5.52 Å². The second-order valence-electron chi connectivity index (χ2n) is 11.2. The number of carbonyl (C=O) groups is 1. The Morgan fingerprint density at radius 2 is 1.78 bits per heavy atom. The van der Waals surface area contributed by atoms with Crippen LogP contribution >= 0.6 is 15.9 Å². The van der Waals surface area contributed by atoms with E-state index in [9.17, 15) is 9.90 Å². The average molecular weight is 616 g/mol. The summed E-state index contributed by atoms with van der Waals surface area (Å²) < 4.78 is 0.905. The molecule has 3 aromatic carbocycles. The Morgan fingerprint density at radius 1 is 1.05 bits per heavy atom. The number of nitrogens with one attached hydrogen (secondary N) is 1. The summed E-state index contributed by atoms with van der Waals surface area (Å²) in [5, 5.41) is 17.0. The van der Waals surface area contributed by atoms with Gasteiger partial charge in [-0.25, -0.2) is 4.98 Å². The second-order valence-corrected chi connectivity index (χ2v) is 12.1. The van der Waals surface area contributed by atoms with Gasteiger partial charge in [-0.1, -0.05) is 76.6 Å². The topological polar surface area (TPSA) is 68.7 Å². The predicted octanol–water partition coefficient (Wildman–Crippen LogP) is 6.20. The molecule has 214 valence electrons. The number of benzene rings is 3. The summed E-state index contributed by atoms with van der Waals surface area (Å²) >= 11 is 3.73. The summed E-state index contributed by atoms with van der Waals surface area (Å²) in [6.07, 6.45) is 3.73. The Hall–Kier alpha value is -3.26. The molecule has 1 amide bonds. The van der Waals surface area contributed by atoms with Gasteiger partial charge in [-0.05, 0) is 68.2 Å². The van der Waals surface area contributed by atoms with Crippen LogP contribution in [0.3, 0.4) is 0 Å². The number of carbonyl (C=O) groups excluding carboxylic acids is 1. The van der Waals surface area contributed by atoms with Crippen molar-refractivity contribution < 1.29 is 9.90 Å². The molecule has 6 nitrogen and oxygen atoms in total. The van der Waals surface area contributed by atoms with Crippen molar-refractivity contribution in [2.75, 3.05) is 45.6 Å². The molecular weight excluding hydrogens is 576 g/mol. The van der Waals surface area contributed by atoms with Gasteiger partial charge in [-0.3, -0.25) is 4.79 Å². The molecule has 7 heteroatoms. The minimum atomic E-state index is -1.23. The number of likely N-dealkylation sites (tertiary alicyclic amines) is 1. The first-order valence-electron chi connectivity index (χ1n) is 14.5. The summed E-state index contributed by atoms with van der Waals surface area (Å²) in [6, 6.07) is 26.6. The van der Waals surface area contributed by atoms with Crippen molar-refractivity contribution in [3.05, 3.63) is 106 Å². The van der Waals surface area contributed by atoms with Crippen LogP contribution in [-0.2, 0) is 16.8 Å². The number of fused-ring (bicyclic) bond motifs is 1. The minimum Gasteiger partial charge on any atom is -0.380 e. The van der Waals surface area contributed by atoms with Crippen LogP contribution < -0.4 is 5.32 Å². The maximum absolute atomic E-state index is 12.4. The molecular formula is C34H39BrN4O2. The summed E-state index contributed by atoms with van der Waals surface area (Å²) in [5.74, 6) is 1.08. The van der Waals surface area contributed by atoms with Gasteiger partial charge in [0, 0.05) is 54.4 Å². The quantitative estimate of drug-likeness (QED) is 0.186. The molecule has 0 bridgehead atoms. The van der Waals surface area contributed by atoms with Gasteiger partial charge in [0.1, 0.15) is 11.4 Å². The maximum atomic E-state index is 12.4. The van der Waals surface area contributed by atoms with Gasteiger partial charge in [-0.15, -0.1) is 0 Å². The van der Waals surface area contributed by atoms with Crippen molar-refractivity contribution >= 4 is 38.6 Å². The lowest BCUT2D eigenvalue weighted by atomic mass is 9.82. The molecule has 1 aromatic heterocycles. The minimum absolute atomic E-state index is 0.256. The van der Waals surface area contributed by atoms with E-state index < -0.39 is 5.60 Å². The number of rotatable bonds is 12. The molecule has 0 radical (unpaired) electrons. The average Bonchev–Trinajstić information content (AvgIpc) is 3.39.